The van der Waals surface area contributed by atoms with Crippen molar-refractivity contribution in [2.45, 2.75) is 117 Å². The van der Waals surface area contributed by atoms with Crippen LogP contribution in [0.1, 0.15) is 131 Å². The smallest absolute Gasteiger partial charge is 0.346 e. The first-order valence-electron chi connectivity index (χ1n) is 26.8. The maximum atomic E-state index is 11.9. The van der Waals surface area contributed by atoms with E-state index in [4.69, 9.17) is 9.47 Å². The van der Waals surface area contributed by atoms with E-state index < -0.39 is 5.97 Å². The summed E-state index contributed by atoms with van der Waals surface area (Å²) in [5.74, 6) is 0.409. The average Bonchev–Trinajstić information content (AvgIpc) is 4.28. The molecule has 2 aliphatic carbocycles. The van der Waals surface area contributed by atoms with Crippen LogP contribution in [0.3, 0.4) is 0 Å². The summed E-state index contributed by atoms with van der Waals surface area (Å²) in [6, 6.07) is 47.2. The number of ether oxygens (including phenoxy) is 2. The van der Waals surface area contributed by atoms with Crippen molar-refractivity contribution in [3.05, 3.63) is 165 Å². The van der Waals surface area contributed by atoms with E-state index in [9.17, 15) is 15.2 Å². The van der Waals surface area contributed by atoms with E-state index in [1.807, 2.05) is 6.07 Å². The number of fused-ring (bicyclic) bond motifs is 7. The van der Waals surface area contributed by atoms with Crippen molar-refractivity contribution in [3.8, 4) is 69.8 Å². The Labute approximate surface area is 454 Å². The summed E-state index contributed by atoms with van der Waals surface area (Å²) in [5, 5.41) is 19.4. The fourth-order valence-electron chi connectivity index (χ4n) is 11.8. The number of thiophene rings is 3. The van der Waals surface area contributed by atoms with E-state index in [2.05, 4.69) is 168 Å². The molecule has 380 valence electrons. The summed E-state index contributed by atoms with van der Waals surface area (Å²) in [7, 11) is 0. The van der Waals surface area contributed by atoms with E-state index in [1.165, 1.54) is 90.7 Å². The lowest BCUT2D eigenvalue weighted by Gasteiger charge is -2.30. The first kappa shape index (κ1) is 50.5. The van der Waals surface area contributed by atoms with Crippen molar-refractivity contribution >= 4 is 63.1 Å². The van der Waals surface area contributed by atoms with Crippen molar-refractivity contribution in [1.82, 2.24) is 0 Å². The molecule has 8 aromatic rings. The Morgan fingerprint density at radius 2 is 1.11 bits per heavy atom. The topological polar surface area (TPSA) is 82.8 Å². The number of carbonyl (C=O) groups is 1. The third-order valence-corrected chi connectivity index (χ3v) is 19.6. The van der Waals surface area contributed by atoms with Gasteiger partial charge in [0.15, 0.2) is 11.5 Å². The van der Waals surface area contributed by atoms with Crippen LogP contribution in [-0.2, 0) is 28.5 Å². The van der Waals surface area contributed by atoms with Gasteiger partial charge in [-0.25, -0.2) is 4.79 Å². The van der Waals surface area contributed by atoms with Crippen molar-refractivity contribution in [1.29, 1.82) is 5.26 Å². The fraction of sp³-hybridized carbons (Fsp3) is 0.303. The molecule has 0 saturated heterocycles. The highest BCUT2D eigenvalue weighted by atomic mass is 32.1. The Hall–Kier alpha value is -6.70. The molecule has 3 aliphatic rings. The van der Waals surface area contributed by atoms with Gasteiger partial charge in [0, 0.05) is 42.5 Å². The highest BCUT2D eigenvalue weighted by Gasteiger charge is 2.38. The van der Waals surface area contributed by atoms with Crippen LogP contribution in [0.15, 0.2) is 127 Å². The van der Waals surface area contributed by atoms with Gasteiger partial charge in [0.1, 0.15) is 24.9 Å². The summed E-state index contributed by atoms with van der Waals surface area (Å²) in [6.45, 7) is 14.8. The SMILES string of the molecule is CCCCCCc1cc(C=C(C#N)C(=O)O)sc1-c1cc(CCCCCC)c(-c2sc(-c3ccc(N(c4ccc5c(c4)C(C)(C)c4ccccc4-5)c4ccc5c(c4)C(C)(C)c4ccccc4-5)cc3)c3c2OCCO3)s1. The maximum Gasteiger partial charge on any atom is 0.346 e. The first-order chi connectivity index (χ1) is 36.4. The van der Waals surface area contributed by atoms with Crippen LogP contribution in [0.2, 0.25) is 0 Å². The number of rotatable bonds is 18. The number of benzene rings is 5. The van der Waals surface area contributed by atoms with Crippen molar-refractivity contribution in [3.63, 3.8) is 0 Å². The molecule has 6 nitrogen and oxygen atoms in total. The van der Waals surface area contributed by atoms with Gasteiger partial charge in [-0.1, -0.05) is 153 Å². The van der Waals surface area contributed by atoms with Gasteiger partial charge >= 0.3 is 5.97 Å². The van der Waals surface area contributed by atoms with Gasteiger partial charge in [0.25, 0.3) is 0 Å². The molecule has 0 spiro atoms. The van der Waals surface area contributed by atoms with E-state index in [0.717, 1.165) is 98.6 Å². The zero-order chi connectivity index (χ0) is 52.0. The molecule has 5 aromatic carbocycles. The molecule has 0 unspecified atom stereocenters. The second-order valence-corrected chi connectivity index (χ2v) is 24.5. The summed E-state index contributed by atoms with van der Waals surface area (Å²) < 4.78 is 13.2. The minimum atomic E-state index is -1.21. The molecule has 0 saturated carbocycles. The van der Waals surface area contributed by atoms with Crippen LogP contribution >= 0.6 is 34.0 Å². The molecule has 9 heteroatoms. The van der Waals surface area contributed by atoms with Gasteiger partial charge in [-0.05, 0) is 141 Å². The molecule has 0 atom stereocenters. The quantitative estimate of drug-likeness (QED) is 0.0524. The van der Waals surface area contributed by atoms with Crippen molar-refractivity contribution in [2.75, 3.05) is 18.1 Å². The predicted octanol–water partition coefficient (Wildman–Crippen LogP) is 19.0. The number of carboxylic acid groups (broad SMARTS) is 1. The number of aryl methyl sites for hydroxylation is 2. The number of nitriles is 1. The fourth-order valence-corrected chi connectivity index (χ4v) is 15.6. The molecule has 0 bridgehead atoms. The van der Waals surface area contributed by atoms with Gasteiger partial charge in [-0.15, -0.1) is 34.0 Å². The monoisotopic (exact) mass is 1040 g/mol. The highest BCUT2D eigenvalue weighted by molar-refractivity contribution is 7.28. The van der Waals surface area contributed by atoms with Crippen molar-refractivity contribution in [2.24, 2.45) is 0 Å². The molecule has 4 heterocycles. The van der Waals surface area contributed by atoms with Crippen LogP contribution in [0.4, 0.5) is 17.1 Å². The average molecular weight is 1050 g/mol. The van der Waals surface area contributed by atoms with Crippen LogP contribution in [0, 0.1) is 11.3 Å². The van der Waals surface area contributed by atoms with Crippen molar-refractivity contribution < 1.29 is 19.4 Å². The lowest BCUT2D eigenvalue weighted by Crippen LogP contribution is -2.18. The largest absolute Gasteiger partial charge is 0.485 e. The molecule has 1 aliphatic heterocycles. The zero-order valence-corrected chi connectivity index (χ0v) is 46.4. The molecular formula is C66H64N2O4S3. The lowest BCUT2D eigenvalue weighted by molar-refractivity contribution is -0.132. The maximum absolute atomic E-state index is 11.9. The van der Waals surface area contributed by atoms with Crippen LogP contribution in [0.5, 0.6) is 11.5 Å². The molecule has 11 rings (SSSR count). The van der Waals surface area contributed by atoms with Gasteiger partial charge in [0.2, 0.25) is 0 Å². The number of hydrogen-bond acceptors (Lipinski definition) is 8. The molecule has 0 radical (unpaired) electrons. The van der Waals surface area contributed by atoms with Gasteiger partial charge in [0.05, 0.1) is 14.6 Å². The summed E-state index contributed by atoms with van der Waals surface area (Å²) in [6.07, 6.45) is 12.5. The van der Waals surface area contributed by atoms with E-state index in [-0.39, 0.29) is 16.4 Å². The molecule has 1 N–H and O–H groups in total. The second-order valence-electron chi connectivity index (χ2n) is 21.4. The summed E-state index contributed by atoms with van der Waals surface area (Å²) >= 11 is 5.14. The minimum absolute atomic E-state index is 0.152. The Bertz CT molecular complexity index is 3440. The summed E-state index contributed by atoms with van der Waals surface area (Å²) in [4.78, 5) is 20.8. The van der Waals surface area contributed by atoms with Gasteiger partial charge in [-0.2, -0.15) is 5.26 Å². The normalized spacial score (nSPS) is 14.5. The molecule has 0 amide bonds. The number of nitrogens with zero attached hydrogens (tertiary/aromatic N) is 2. The third-order valence-electron chi connectivity index (χ3n) is 15.7. The molecule has 0 fully saturated rings. The lowest BCUT2D eigenvalue weighted by atomic mass is 9.82. The molecule has 75 heavy (non-hydrogen) atoms. The summed E-state index contributed by atoms with van der Waals surface area (Å²) in [5.41, 5.74) is 16.9. The number of anilines is 3. The van der Waals surface area contributed by atoms with Crippen LogP contribution in [-0.4, -0.2) is 24.3 Å². The number of carboxylic acids is 1. The van der Waals surface area contributed by atoms with Crippen LogP contribution in [0.25, 0.3) is 58.3 Å². The Kier molecular flexibility index (Phi) is 14.0. The Balaban J connectivity index is 1.00. The molecule has 3 aromatic heterocycles. The third kappa shape index (κ3) is 9.23. The Morgan fingerprint density at radius 1 is 0.587 bits per heavy atom. The number of unbranched alkanes of at least 4 members (excludes halogenated alkanes) is 6. The first-order valence-corrected chi connectivity index (χ1v) is 29.3. The number of hydrogen-bond donors (Lipinski definition) is 1. The number of aliphatic carboxylic acids is 1. The van der Waals surface area contributed by atoms with E-state index in [0.29, 0.717) is 13.2 Å². The molecular weight excluding hydrogens is 981 g/mol. The second kappa shape index (κ2) is 20.8. The van der Waals surface area contributed by atoms with Gasteiger partial charge in [-0.3, -0.25) is 0 Å². The Morgan fingerprint density at radius 3 is 1.65 bits per heavy atom. The van der Waals surface area contributed by atoms with E-state index >= 15 is 0 Å². The highest BCUT2D eigenvalue weighted by Crippen LogP contribution is 2.58. The minimum Gasteiger partial charge on any atom is -0.485 e. The van der Waals surface area contributed by atoms with E-state index in [1.54, 1.807) is 34.0 Å². The van der Waals surface area contributed by atoms with Crippen LogP contribution < -0.4 is 14.4 Å². The standard InChI is InChI=1S/C66H64N2O4S3/c1-7-9-11-13-19-42-35-48(36-44(40-67)64(69)70)73-60(42)57-37-43(20-14-12-10-8-2)62(74-57)63-59-58(71-33-34-72-59)61(75-63)41-25-27-45(28-26-41)68(46-29-31-51-49-21-15-17-23-53(49)65(3,4)55(51)38-46)47-30-32-52-50-22-16-18-24-54(50)66(5,6)56(52)39-47/h15-18,21-32,35-39H,7-14,19-20,33-34H2,1-6H3,(H,69,70). The zero-order valence-electron chi connectivity index (χ0n) is 43.9. The van der Waals surface area contributed by atoms with Gasteiger partial charge < -0.3 is 19.5 Å². The predicted molar refractivity (Wildman–Crippen MR) is 314 cm³/mol.